The maximum Gasteiger partial charge on any atom is 0.287 e. The summed E-state index contributed by atoms with van der Waals surface area (Å²) in [5.41, 5.74) is 0.740. The largest absolute Gasteiger partial charge is 0.489 e. The summed E-state index contributed by atoms with van der Waals surface area (Å²) in [6, 6.07) is 11.2. The Morgan fingerprint density at radius 1 is 1.27 bits per heavy atom. The van der Waals surface area contributed by atoms with Crippen molar-refractivity contribution in [2.75, 3.05) is 19.8 Å². The molecule has 0 radical (unpaired) electrons. The van der Waals surface area contributed by atoms with Gasteiger partial charge in [-0.25, -0.2) is 0 Å². The normalized spacial score (nSPS) is 17.4. The van der Waals surface area contributed by atoms with Crippen molar-refractivity contribution in [2.45, 2.75) is 13.0 Å². The summed E-state index contributed by atoms with van der Waals surface area (Å²) in [5.74, 6) is 1.26. The molecule has 0 saturated carbocycles. The maximum atomic E-state index is 12.2. The molecule has 0 spiro atoms. The molecule has 1 aromatic carbocycles. The number of carbonyl (C=O) groups is 1. The number of benzene rings is 1. The van der Waals surface area contributed by atoms with E-state index in [1.807, 2.05) is 30.3 Å². The van der Waals surface area contributed by atoms with Gasteiger partial charge in [-0.3, -0.25) is 4.79 Å². The molecule has 2 aromatic rings. The van der Waals surface area contributed by atoms with Gasteiger partial charge in [-0.15, -0.1) is 0 Å². The minimum atomic E-state index is -0.205. The average Bonchev–Trinajstić information content (AvgIpc) is 3.23. The fourth-order valence-corrected chi connectivity index (χ4v) is 2.39. The standard InChI is InChI=1S/C17H19NO4/c19-17(18-10-13-6-8-20-11-13)16-14(7-9-21-16)12-22-15-4-2-1-3-5-15/h1-5,7,9,13H,6,8,10-12H2,(H,18,19)/t13-/m1/s1. The summed E-state index contributed by atoms with van der Waals surface area (Å²) in [4.78, 5) is 12.2. The second kappa shape index (κ2) is 7.13. The van der Waals surface area contributed by atoms with Crippen LogP contribution in [-0.4, -0.2) is 25.7 Å². The predicted octanol–water partition coefficient (Wildman–Crippen LogP) is 2.62. The SMILES string of the molecule is O=C(NC[C@H]1CCOC1)c1occc1COc1ccccc1. The smallest absolute Gasteiger partial charge is 0.287 e. The quantitative estimate of drug-likeness (QED) is 0.891. The molecule has 1 fully saturated rings. The molecule has 1 aliphatic heterocycles. The van der Waals surface area contributed by atoms with Gasteiger partial charge >= 0.3 is 0 Å². The van der Waals surface area contributed by atoms with Gasteiger partial charge < -0.3 is 19.2 Å². The summed E-state index contributed by atoms with van der Waals surface area (Å²) in [5, 5.41) is 2.90. The lowest BCUT2D eigenvalue weighted by Gasteiger charge is -2.09. The van der Waals surface area contributed by atoms with E-state index in [9.17, 15) is 4.79 Å². The van der Waals surface area contributed by atoms with Crippen molar-refractivity contribution in [1.82, 2.24) is 5.32 Å². The van der Waals surface area contributed by atoms with E-state index in [1.54, 1.807) is 6.07 Å². The first-order valence-electron chi connectivity index (χ1n) is 7.43. The second-order valence-electron chi connectivity index (χ2n) is 5.32. The monoisotopic (exact) mass is 301 g/mol. The summed E-state index contributed by atoms with van der Waals surface area (Å²) in [6.07, 6.45) is 2.50. The Morgan fingerprint density at radius 3 is 2.91 bits per heavy atom. The van der Waals surface area contributed by atoms with Gasteiger partial charge in [0.1, 0.15) is 12.4 Å². The molecule has 1 aliphatic rings. The number of hydrogen-bond donors (Lipinski definition) is 1. The Kier molecular flexibility index (Phi) is 4.75. The van der Waals surface area contributed by atoms with Crippen molar-refractivity contribution < 1.29 is 18.7 Å². The topological polar surface area (TPSA) is 60.7 Å². The second-order valence-corrected chi connectivity index (χ2v) is 5.32. The Labute approximate surface area is 129 Å². The molecule has 22 heavy (non-hydrogen) atoms. The zero-order valence-corrected chi connectivity index (χ0v) is 12.3. The number of furan rings is 1. The summed E-state index contributed by atoms with van der Waals surface area (Å²) in [7, 11) is 0. The third-order valence-electron chi connectivity index (χ3n) is 3.67. The maximum absolute atomic E-state index is 12.2. The molecule has 1 aromatic heterocycles. The third kappa shape index (κ3) is 3.68. The number of carbonyl (C=O) groups excluding carboxylic acids is 1. The Bertz CT molecular complexity index is 602. The van der Waals surface area contributed by atoms with Crippen molar-refractivity contribution in [1.29, 1.82) is 0 Å². The zero-order valence-electron chi connectivity index (χ0n) is 12.3. The molecule has 3 rings (SSSR count). The first-order chi connectivity index (χ1) is 10.8. The summed E-state index contributed by atoms with van der Waals surface area (Å²) >= 11 is 0. The highest BCUT2D eigenvalue weighted by Crippen LogP contribution is 2.16. The Balaban J connectivity index is 1.55. The lowest BCUT2D eigenvalue weighted by Crippen LogP contribution is -2.29. The molecule has 0 bridgehead atoms. The molecular weight excluding hydrogens is 282 g/mol. The van der Waals surface area contributed by atoms with E-state index in [1.165, 1.54) is 6.26 Å². The van der Waals surface area contributed by atoms with Gasteiger partial charge in [0.15, 0.2) is 5.76 Å². The van der Waals surface area contributed by atoms with Gasteiger partial charge in [0.2, 0.25) is 0 Å². The van der Waals surface area contributed by atoms with Crippen molar-refractivity contribution in [2.24, 2.45) is 5.92 Å². The molecule has 0 aliphatic carbocycles. The van der Waals surface area contributed by atoms with Crippen LogP contribution in [0.5, 0.6) is 5.75 Å². The van der Waals surface area contributed by atoms with Crippen LogP contribution in [0.1, 0.15) is 22.5 Å². The third-order valence-corrected chi connectivity index (χ3v) is 3.67. The van der Waals surface area contributed by atoms with Crippen LogP contribution in [-0.2, 0) is 11.3 Å². The van der Waals surface area contributed by atoms with Crippen LogP contribution < -0.4 is 10.1 Å². The molecule has 1 amide bonds. The molecule has 0 unspecified atom stereocenters. The van der Waals surface area contributed by atoms with Crippen molar-refractivity contribution in [3.8, 4) is 5.75 Å². The molecule has 1 atom stereocenters. The lowest BCUT2D eigenvalue weighted by molar-refractivity contribution is 0.0913. The van der Waals surface area contributed by atoms with E-state index >= 15 is 0 Å². The number of amides is 1. The summed E-state index contributed by atoms with van der Waals surface area (Å²) < 4.78 is 16.3. The minimum absolute atomic E-state index is 0.205. The first kappa shape index (κ1) is 14.7. The van der Waals surface area contributed by atoms with E-state index < -0.39 is 0 Å². The van der Waals surface area contributed by atoms with E-state index in [0.29, 0.717) is 31.4 Å². The number of hydrogen-bond acceptors (Lipinski definition) is 4. The minimum Gasteiger partial charge on any atom is -0.489 e. The Hall–Kier alpha value is -2.27. The van der Waals surface area contributed by atoms with Crippen LogP contribution in [0.25, 0.3) is 0 Å². The van der Waals surface area contributed by atoms with Gasteiger partial charge in [-0.1, -0.05) is 18.2 Å². The van der Waals surface area contributed by atoms with Gasteiger partial charge in [0.25, 0.3) is 5.91 Å². The zero-order chi connectivity index (χ0) is 15.2. The number of nitrogens with one attached hydrogen (secondary N) is 1. The van der Waals surface area contributed by atoms with Crippen LogP contribution in [0.2, 0.25) is 0 Å². The van der Waals surface area contributed by atoms with E-state index in [-0.39, 0.29) is 5.91 Å². The van der Waals surface area contributed by atoms with Gasteiger partial charge in [0.05, 0.1) is 12.9 Å². The fourth-order valence-electron chi connectivity index (χ4n) is 2.39. The highest BCUT2D eigenvalue weighted by molar-refractivity contribution is 5.92. The fraction of sp³-hybridized carbons (Fsp3) is 0.353. The first-order valence-corrected chi connectivity index (χ1v) is 7.43. The van der Waals surface area contributed by atoms with Crippen molar-refractivity contribution in [3.63, 3.8) is 0 Å². The number of ether oxygens (including phenoxy) is 2. The highest BCUT2D eigenvalue weighted by Gasteiger charge is 2.20. The molecule has 116 valence electrons. The van der Waals surface area contributed by atoms with E-state index in [0.717, 1.165) is 24.3 Å². The van der Waals surface area contributed by atoms with Gasteiger partial charge in [0, 0.05) is 24.6 Å². The predicted molar refractivity (Wildman–Crippen MR) is 80.7 cm³/mol. The van der Waals surface area contributed by atoms with Crippen LogP contribution in [0.4, 0.5) is 0 Å². The van der Waals surface area contributed by atoms with Crippen LogP contribution in [0.3, 0.4) is 0 Å². The van der Waals surface area contributed by atoms with Crippen LogP contribution in [0, 0.1) is 5.92 Å². The molecule has 1 N–H and O–H groups in total. The molecule has 5 heteroatoms. The van der Waals surface area contributed by atoms with Crippen molar-refractivity contribution >= 4 is 5.91 Å². The number of para-hydroxylation sites is 1. The average molecular weight is 301 g/mol. The van der Waals surface area contributed by atoms with Crippen LogP contribution >= 0.6 is 0 Å². The van der Waals surface area contributed by atoms with E-state index in [4.69, 9.17) is 13.9 Å². The molecule has 2 heterocycles. The van der Waals surface area contributed by atoms with Crippen LogP contribution in [0.15, 0.2) is 47.1 Å². The molecule has 1 saturated heterocycles. The number of rotatable bonds is 6. The summed E-state index contributed by atoms with van der Waals surface area (Å²) in [6.45, 7) is 2.40. The van der Waals surface area contributed by atoms with Crippen molar-refractivity contribution in [3.05, 3.63) is 54.0 Å². The Morgan fingerprint density at radius 2 is 2.14 bits per heavy atom. The van der Waals surface area contributed by atoms with E-state index in [2.05, 4.69) is 5.32 Å². The molecule has 5 nitrogen and oxygen atoms in total. The lowest BCUT2D eigenvalue weighted by atomic mass is 10.1. The highest BCUT2D eigenvalue weighted by atomic mass is 16.5. The van der Waals surface area contributed by atoms with Gasteiger partial charge in [-0.05, 0) is 24.6 Å². The molecular formula is C17H19NO4. The van der Waals surface area contributed by atoms with Gasteiger partial charge in [-0.2, -0.15) is 0 Å².